The molecular formula is C9H16F3N3S. The van der Waals surface area contributed by atoms with Crippen molar-refractivity contribution in [2.75, 3.05) is 19.6 Å². The summed E-state index contributed by atoms with van der Waals surface area (Å²) < 4.78 is 37.9. The van der Waals surface area contributed by atoms with Crippen molar-refractivity contribution in [3.8, 4) is 0 Å². The number of hydrogen-bond acceptors (Lipinski definition) is 3. The third-order valence-corrected chi connectivity index (χ3v) is 3.46. The van der Waals surface area contributed by atoms with Gasteiger partial charge in [-0.3, -0.25) is 5.41 Å². The summed E-state index contributed by atoms with van der Waals surface area (Å²) in [5, 5.41) is 4.89. The van der Waals surface area contributed by atoms with Crippen LogP contribution in [0.4, 0.5) is 13.2 Å². The Morgan fingerprint density at radius 2 is 1.88 bits per heavy atom. The van der Waals surface area contributed by atoms with Crippen molar-refractivity contribution >= 4 is 16.9 Å². The predicted molar refractivity (Wildman–Crippen MR) is 59.6 cm³/mol. The van der Waals surface area contributed by atoms with Gasteiger partial charge in [-0.05, 0) is 25.9 Å². The summed E-state index contributed by atoms with van der Waals surface area (Å²) in [6, 6.07) is 0. The molecule has 0 aliphatic carbocycles. The summed E-state index contributed by atoms with van der Waals surface area (Å²) in [4.78, 5) is 1.80. The van der Waals surface area contributed by atoms with Gasteiger partial charge in [-0.15, -0.1) is 0 Å². The van der Waals surface area contributed by atoms with Crippen molar-refractivity contribution < 1.29 is 13.2 Å². The van der Waals surface area contributed by atoms with E-state index in [1.807, 2.05) is 0 Å². The number of piperidine rings is 1. The van der Waals surface area contributed by atoms with E-state index < -0.39 is 16.6 Å². The monoisotopic (exact) mass is 255 g/mol. The molecule has 1 saturated heterocycles. The molecule has 0 spiro atoms. The molecular weight excluding hydrogens is 239 g/mol. The Labute approximate surface area is 97.1 Å². The number of hydrogen-bond donors (Lipinski definition) is 2. The molecule has 0 bridgehead atoms. The van der Waals surface area contributed by atoms with Crippen LogP contribution in [-0.4, -0.2) is 41.1 Å². The van der Waals surface area contributed by atoms with Gasteiger partial charge in [-0.25, -0.2) is 0 Å². The van der Waals surface area contributed by atoms with Gasteiger partial charge in [-0.2, -0.15) is 13.2 Å². The third-order valence-electron chi connectivity index (χ3n) is 2.51. The molecule has 0 saturated carbocycles. The smallest absolute Gasteiger partial charge is 0.379 e. The number of nitrogens with zero attached hydrogens (tertiary/aromatic N) is 1. The lowest BCUT2D eigenvalue weighted by Gasteiger charge is -2.30. The van der Waals surface area contributed by atoms with E-state index in [9.17, 15) is 13.2 Å². The Morgan fingerprint density at radius 1 is 1.31 bits per heavy atom. The standard InChI is InChI=1S/C9H16F3N3S/c10-9(11,12)7(16-8(13)14)6-15-4-2-1-3-5-15/h7H,1-6H2,(H3,13,14). The Balaban J connectivity index is 2.51. The van der Waals surface area contributed by atoms with E-state index in [0.29, 0.717) is 24.9 Å². The second-order valence-electron chi connectivity index (χ2n) is 3.87. The van der Waals surface area contributed by atoms with E-state index in [-0.39, 0.29) is 6.54 Å². The maximum Gasteiger partial charge on any atom is 0.402 e. The van der Waals surface area contributed by atoms with Crippen LogP contribution in [0.5, 0.6) is 0 Å². The van der Waals surface area contributed by atoms with Crippen LogP contribution < -0.4 is 5.73 Å². The summed E-state index contributed by atoms with van der Waals surface area (Å²) >= 11 is 0.395. The van der Waals surface area contributed by atoms with Crippen LogP contribution in [0, 0.1) is 5.41 Å². The van der Waals surface area contributed by atoms with E-state index >= 15 is 0 Å². The molecule has 1 heterocycles. The van der Waals surface area contributed by atoms with E-state index in [0.717, 1.165) is 19.3 Å². The van der Waals surface area contributed by atoms with Gasteiger partial charge in [0, 0.05) is 6.54 Å². The minimum atomic E-state index is -4.30. The van der Waals surface area contributed by atoms with Crippen LogP contribution in [0.25, 0.3) is 0 Å². The molecule has 3 N–H and O–H groups in total. The first-order chi connectivity index (χ1) is 7.39. The van der Waals surface area contributed by atoms with Crippen LogP contribution in [0.1, 0.15) is 19.3 Å². The SMILES string of the molecule is N=C(N)SC(CN1CCCCC1)C(F)(F)F. The summed E-state index contributed by atoms with van der Waals surface area (Å²) in [6.45, 7) is 1.36. The Bertz CT molecular complexity index is 239. The Hall–Kier alpha value is -0.430. The number of likely N-dealkylation sites (tertiary alicyclic amines) is 1. The topological polar surface area (TPSA) is 53.1 Å². The van der Waals surface area contributed by atoms with Gasteiger partial charge in [0.05, 0.1) is 0 Å². The van der Waals surface area contributed by atoms with Crippen molar-refractivity contribution in [2.45, 2.75) is 30.7 Å². The minimum absolute atomic E-state index is 0.0618. The van der Waals surface area contributed by atoms with E-state index in [1.54, 1.807) is 4.90 Å². The number of nitrogens with one attached hydrogen (secondary N) is 1. The molecule has 94 valence electrons. The van der Waals surface area contributed by atoms with Crippen LogP contribution in [0.3, 0.4) is 0 Å². The van der Waals surface area contributed by atoms with Gasteiger partial charge >= 0.3 is 6.18 Å². The van der Waals surface area contributed by atoms with Crippen molar-refractivity contribution in [3.05, 3.63) is 0 Å². The van der Waals surface area contributed by atoms with Gasteiger partial charge < -0.3 is 10.6 Å². The lowest BCUT2D eigenvalue weighted by Crippen LogP contribution is -2.42. The lowest BCUT2D eigenvalue weighted by atomic mass is 10.1. The lowest BCUT2D eigenvalue weighted by molar-refractivity contribution is -0.132. The van der Waals surface area contributed by atoms with Gasteiger partial charge in [0.25, 0.3) is 0 Å². The fourth-order valence-corrected chi connectivity index (χ4v) is 2.46. The number of nitrogens with two attached hydrogens (primary N) is 1. The van der Waals surface area contributed by atoms with Crippen LogP contribution in [-0.2, 0) is 0 Å². The molecule has 0 aromatic carbocycles. The highest BCUT2D eigenvalue weighted by molar-refractivity contribution is 8.14. The van der Waals surface area contributed by atoms with Gasteiger partial charge in [0.15, 0.2) is 5.17 Å². The van der Waals surface area contributed by atoms with Gasteiger partial charge in [-0.1, -0.05) is 18.2 Å². The summed E-state index contributed by atoms with van der Waals surface area (Å²) in [6.07, 6.45) is -1.30. The van der Waals surface area contributed by atoms with Crippen molar-refractivity contribution in [3.63, 3.8) is 0 Å². The quantitative estimate of drug-likeness (QED) is 0.599. The second kappa shape index (κ2) is 5.77. The van der Waals surface area contributed by atoms with E-state index in [4.69, 9.17) is 11.1 Å². The molecule has 0 aromatic heterocycles. The Morgan fingerprint density at radius 3 is 2.31 bits per heavy atom. The molecule has 0 radical (unpaired) electrons. The highest BCUT2D eigenvalue weighted by atomic mass is 32.2. The molecule has 0 amide bonds. The molecule has 1 unspecified atom stereocenters. The van der Waals surface area contributed by atoms with Crippen molar-refractivity contribution in [1.29, 1.82) is 5.41 Å². The first-order valence-corrected chi connectivity index (χ1v) is 6.07. The third kappa shape index (κ3) is 4.61. The van der Waals surface area contributed by atoms with Crippen LogP contribution in [0.2, 0.25) is 0 Å². The predicted octanol–water partition coefficient (Wildman–Crippen LogP) is 2.03. The van der Waals surface area contributed by atoms with E-state index in [2.05, 4.69) is 0 Å². The first-order valence-electron chi connectivity index (χ1n) is 5.19. The number of thioether (sulfide) groups is 1. The fourth-order valence-electron chi connectivity index (χ4n) is 1.74. The average Bonchev–Trinajstić information content (AvgIpc) is 2.16. The summed E-state index contributed by atoms with van der Waals surface area (Å²) in [7, 11) is 0. The number of amidine groups is 1. The van der Waals surface area contributed by atoms with Crippen LogP contribution >= 0.6 is 11.8 Å². The highest BCUT2D eigenvalue weighted by Crippen LogP contribution is 2.31. The summed E-state index contributed by atoms with van der Waals surface area (Å²) in [5.41, 5.74) is 5.02. The molecule has 1 aliphatic heterocycles. The molecule has 1 fully saturated rings. The van der Waals surface area contributed by atoms with Gasteiger partial charge in [0.1, 0.15) is 5.25 Å². The largest absolute Gasteiger partial charge is 0.402 e. The Kier molecular flexibility index (Phi) is 4.91. The maximum absolute atomic E-state index is 12.6. The fraction of sp³-hybridized carbons (Fsp3) is 0.889. The number of rotatable bonds is 3. The zero-order valence-corrected chi connectivity index (χ0v) is 9.70. The first kappa shape index (κ1) is 13.6. The zero-order chi connectivity index (χ0) is 12.2. The summed E-state index contributed by atoms with van der Waals surface area (Å²) in [5.74, 6) is 0. The van der Waals surface area contributed by atoms with Crippen molar-refractivity contribution in [1.82, 2.24) is 4.90 Å². The normalized spacial score (nSPS) is 20.7. The van der Waals surface area contributed by atoms with Crippen LogP contribution in [0.15, 0.2) is 0 Å². The molecule has 1 atom stereocenters. The molecule has 1 rings (SSSR count). The second-order valence-corrected chi connectivity index (χ2v) is 5.12. The molecule has 3 nitrogen and oxygen atoms in total. The molecule has 7 heteroatoms. The number of alkyl halides is 3. The maximum atomic E-state index is 12.6. The van der Waals surface area contributed by atoms with E-state index in [1.165, 1.54) is 0 Å². The number of halogens is 3. The van der Waals surface area contributed by atoms with Crippen molar-refractivity contribution in [2.24, 2.45) is 5.73 Å². The molecule has 0 aromatic rings. The minimum Gasteiger partial charge on any atom is -0.379 e. The zero-order valence-electron chi connectivity index (χ0n) is 8.89. The molecule has 16 heavy (non-hydrogen) atoms. The highest BCUT2D eigenvalue weighted by Gasteiger charge is 2.41. The van der Waals surface area contributed by atoms with Gasteiger partial charge in [0.2, 0.25) is 0 Å². The molecule has 1 aliphatic rings. The average molecular weight is 255 g/mol.